The van der Waals surface area contributed by atoms with Gasteiger partial charge in [-0.1, -0.05) is 60.7 Å². The van der Waals surface area contributed by atoms with Crippen molar-refractivity contribution in [2.24, 2.45) is 0 Å². The fraction of sp³-hybridized carbons (Fsp3) is 0.429. The number of halogens is 2. The summed E-state index contributed by atoms with van der Waals surface area (Å²) in [4.78, 5) is 72.3. The number of imidazole rings is 2. The molecule has 7 rings (SSSR count). The number of carbonyl (C=O) groups excluding carboxylic acids is 4. The molecule has 15 nitrogen and oxygen atoms in total. The second kappa shape index (κ2) is 19.8. The Morgan fingerprint density at radius 2 is 1.29 bits per heavy atom. The topological polar surface area (TPSA) is 187 Å². The Labute approximate surface area is 383 Å². The molecule has 5 aromatic rings. The molecule has 2 aromatic heterocycles. The third-order valence-corrected chi connectivity index (χ3v) is 11.5. The van der Waals surface area contributed by atoms with Crippen LogP contribution in [0.2, 0.25) is 0 Å². The maximum absolute atomic E-state index is 15.9. The van der Waals surface area contributed by atoms with Gasteiger partial charge >= 0.3 is 12.2 Å². The highest BCUT2D eigenvalue weighted by Crippen LogP contribution is 2.37. The van der Waals surface area contributed by atoms with E-state index in [1.54, 1.807) is 113 Å². The van der Waals surface area contributed by atoms with E-state index < -0.39 is 65.1 Å². The quantitative estimate of drug-likeness (QED) is 0.0816. The molecule has 3 aromatic carbocycles. The Morgan fingerprint density at radius 1 is 0.727 bits per heavy atom. The fourth-order valence-corrected chi connectivity index (χ4v) is 8.44. The summed E-state index contributed by atoms with van der Waals surface area (Å²) in [6.45, 7) is 13.5. The zero-order valence-electron chi connectivity index (χ0n) is 38.4. The van der Waals surface area contributed by atoms with E-state index in [0.29, 0.717) is 73.8 Å². The highest BCUT2D eigenvalue weighted by atomic mass is 19.1. The van der Waals surface area contributed by atoms with Crippen molar-refractivity contribution in [3.63, 3.8) is 0 Å². The Kier molecular flexibility index (Phi) is 14.1. The number of nitrogens with zero attached hydrogens (tertiary/aromatic N) is 4. The number of piperidine rings is 1. The van der Waals surface area contributed by atoms with Crippen molar-refractivity contribution in [1.29, 1.82) is 0 Å². The summed E-state index contributed by atoms with van der Waals surface area (Å²) in [5.41, 5.74) is 1.08. The summed E-state index contributed by atoms with van der Waals surface area (Å²) in [6.07, 6.45) is 4.28. The van der Waals surface area contributed by atoms with E-state index in [-0.39, 0.29) is 23.1 Å². The minimum absolute atomic E-state index is 0.0308. The number of amides is 4. The fourth-order valence-electron chi connectivity index (χ4n) is 8.44. The molecular formula is C49H59F2N9O6. The first kappa shape index (κ1) is 47.2. The molecule has 66 heavy (non-hydrogen) atoms. The van der Waals surface area contributed by atoms with Gasteiger partial charge < -0.3 is 45.2 Å². The number of H-pyrrole nitrogens is 2. The first-order valence-corrected chi connectivity index (χ1v) is 22.4. The number of alkyl carbamates (subject to hydrolysis) is 2. The van der Waals surface area contributed by atoms with Crippen LogP contribution >= 0.6 is 0 Å². The van der Waals surface area contributed by atoms with Crippen LogP contribution in [0.25, 0.3) is 11.3 Å². The van der Waals surface area contributed by atoms with Gasteiger partial charge in [-0.05, 0) is 97.4 Å². The van der Waals surface area contributed by atoms with Crippen molar-refractivity contribution in [1.82, 2.24) is 40.8 Å². The number of rotatable bonds is 12. The average Bonchev–Trinajstić information content (AvgIpc) is 4.06. The van der Waals surface area contributed by atoms with E-state index in [1.165, 1.54) is 18.3 Å². The molecule has 0 spiro atoms. The molecule has 0 bridgehead atoms. The summed E-state index contributed by atoms with van der Waals surface area (Å²) < 4.78 is 42.8. The number of ether oxygens (including phenoxy) is 2. The average molecular weight is 908 g/mol. The molecule has 4 amide bonds. The van der Waals surface area contributed by atoms with Crippen LogP contribution in [0.3, 0.4) is 0 Å². The summed E-state index contributed by atoms with van der Waals surface area (Å²) in [7, 11) is 0. The van der Waals surface area contributed by atoms with Crippen LogP contribution in [-0.2, 0) is 19.1 Å². The predicted octanol–water partition coefficient (Wildman–Crippen LogP) is 8.83. The van der Waals surface area contributed by atoms with Crippen molar-refractivity contribution in [3.8, 4) is 11.3 Å². The number of benzene rings is 3. The van der Waals surface area contributed by atoms with Gasteiger partial charge in [0.2, 0.25) is 5.91 Å². The molecule has 4 atom stereocenters. The Bertz CT molecular complexity index is 2470. The van der Waals surface area contributed by atoms with Gasteiger partial charge in [0.15, 0.2) is 0 Å². The maximum Gasteiger partial charge on any atom is 0.408 e. The highest BCUT2D eigenvalue weighted by Gasteiger charge is 2.38. The SMILES string of the molecule is C[C@H](NC(=O)[C@H](NC(=O)OC(C)(C)C)c1ccccc1)c1ncc(C2CCN(c3c(F)cc(-c4cnc([C@@H]5CCCN5C(=O)[C@H](NC(=O)OC(C)(C)C)c5ccccc5)[nH]4)cc3F)CC2)[nH]1. The van der Waals surface area contributed by atoms with Crippen LogP contribution in [-0.4, -0.2) is 79.7 Å². The second-order valence-electron chi connectivity index (χ2n) is 18.9. The van der Waals surface area contributed by atoms with E-state index >= 15 is 8.78 Å². The summed E-state index contributed by atoms with van der Waals surface area (Å²) >= 11 is 0. The molecule has 2 saturated heterocycles. The zero-order valence-corrected chi connectivity index (χ0v) is 38.4. The Hall–Kier alpha value is -6.78. The van der Waals surface area contributed by atoms with Gasteiger partial charge in [-0.3, -0.25) is 9.59 Å². The second-order valence-corrected chi connectivity index (χ2v) is 18.9. The summed E-state index contributed by atoms with van der Waals surface area (Å²) in [6, 6.07) is 17.4. The van der Waals surface area contributed by atoms with Gasteiger partial charge in [0.05, 0.1) is 24.0 Å². The molecule has 0 aliphatic carbocycles. The monoisotopic (exact) mass is 907 g/mol. The van der Waals surface area contributed by atoms with E-state index in [9.17, 15) is 19.2 Å². The van der Waals surface area contributed by atoms with Crippen molar-refractivity contribution in [2.45, 2.75) is 115 Å². The molecule has 17 heteroatoms. The zero-order chi connectivity index (χ0) is 47.3. The molecule has 350 valence electrons. The van der Waals surface area contributed by atoms with Gasteiger partial charge in [-0.15, -0.1) is 0 Å². The van der Waals surface area contributed by atoms with Crippen LogP contribution < -0.4 is 20.9 Å². The third-order valence-electron chi connectivity index (χ3n) is 11.5. The number of likely N-dealkylation sites (tertiary alicyclic amines) is 1. The number of carbonyl (C=O) groups is 4. The first-order chi connectivity index (χ1) is 31.3. The lowest BCUT2D eigenvalue weighted by molar-refractivity contribution is -0.134. The number of aromatic nitrogens is 4. The number of hydrogen-bond donors (Lipinski definition) is 5. The van der Waals surface area contributed by atoms with E-state index in [0.717, 1.165) is 5.69 Å². The lowest BCUT2D eigenvalue weighted by atomic mass is 9.93. The number of anilines is 1. The summed E-state index contributed by atoms with van der Waals surface area (Å²) in [5, 5.41) is 8.38. The van der Waals surface area contributed by atoms with Crippen molar-refractivity contribution >= 4 is 29.7 Å². The van der Waals surface area contributed by atoms with Crippen molar-refractivity contribution in [2.75, 3.05) is 24.5 Å². The lowest BCUT2D eigenvalue weighted by Crippen LogP contribution is -2.44. The van der Waals surface area contributed by atoms with Gasteiger partial charge in [0.25, 0.3) is 5.91 Å². The van der Waals surface area contributed by atoms with Crippen LogP contribution in [0, 0.1) is 11.6 Å². The van der Waals surface area contributed by atoms with Gasteiger partial charge in [-0.25, -0.2) is 28.3 Å². The van der Waals surface area contributed by atoms with Gasteiger partial charge in [0, 0.05) is 43.0 Å². The third kappa shape index (κ3) is 11.5. The van der Waals surface area contributed by atoms with Crippen LogP contribution in [0.4, 0.5) is 24.1 Å². The van der Waals surface area contributed by atoms with Crippen LogP contribution in [0.5, 0.6) is 0 Å². The molecule has 0 saturated carbocycles. The van der Waals surface area contributed by atoms with E-state index in [2.05, 4.69) is 35.9 Å². The molecule has 5 N–H and O–H groups in total. The Morgan fingerprint density at radius 3 is 1.86 bits per heavy atom. The van der Waals surface area contributed by atoms with Crippen LogP contribution in [0.15, 0.2) is 85.2 Å². The first-order valence-electron chi connectivity index (χ1n) is 22.4. The standard InChI is InChI=1S/C49H59F2N9O6/c1-29(54-44(61)39(31-15-10-8-11-16-31)57-46(63)65-48(2,3)4)42-52-27-36(55-42)30-20-23-59(24-21-30)41-34(50)25-33(26-35(41)51)37-28-53-43(56-37)38-19-14-22-60(38)45(62)40(32-17-12-9-13-18-32)58-47(64)66-49(5,6)7/h8-13,15-18,25-30,38-40H,14,19-24H2,1-7H3,(H,52,55)(H,53,56)(H,54,61)(H,57,63)(H,58,64)/t29-,38-,39+,40+/m0/s1. The summed E-state index contributed by atoms with van der Waals surface area (Å²) in [5.74, 6) is -1.16. The number of hydrogen-bond acceptors (Lipinski definition) is 9. The smallest absolute Gasteiger partial charge is 0.408 e. The lowest BCUT2D eigenvalue weighted by Gasteiger charge is -2.33. The molecular weight excluding hydrogens is 849 g/mol. The molecule has 4 heterocycles. The van der Waals surface area contributed by atoms with E-state index in [4.69, 9.17) is 9.47 Å². The number of aromatic amines is 2. The highest BCUT2D eigenvalue weighted by molar-refractivity contribution is 5.88. The minimum atomic E-state index is -1.01. The molecule has 2 aliphatic heterocycles. The molecule has 2 aliphatic rings. The molecule has 0 radical (unpaired) electrons. The molecule has 2 fully saturated rings. The van der Waals surface area contributed by atoms with Crippen molar-refractivity contribution in [3.05, 3.63) is 125 Å². The van der Waals surface area contributed by atoms with Crippen LogP contribution in [0.1, 0.15) is 133 Å². The Balaban J connectivity index is 0.974. The van der Waals surface area contributed by atoms with Gasteiger partial charge in [0.1, 0.15) is 52.3 Å². The van der Waals surface area contributed by atoms with Gasteiger partial charge in [-0.2, -0.15) is 0 Å². The maximum atomic E-state index is 15.9. The number of nitrogens with one attached hydrogen (secondary N) is 5. The predicted molar refractivity (Wildman–Crippen MR) is 244 cm³/mol. The largest absolute Gasteiger partial charge is 0.444 e. The minimum Gasteiger partial charge on any atom is -0.444 e. The normalized spacial score (nSPS) is 17.1. The molecule has 0 unspecified atom stereocenters. The van der Waals surface area contributed by atoms with E-state index in [1.807, 2.05) is 12.1 Å². The van der Waals surface area contributed by atoms with Crippen molar-refractivity contribution < 1.29 is 37.4 Å².